The summed E-state index contributed by atoms with van der Waals surface area (Å²) in [5, 5.41) is 3.30. The monoisotopic (exact) mass is 377 g/mol. The van der Waals surface area contributed by atoms with Crippen LogP contribution in [0.4, 0.5) is 17.6 Å². The molecule has 1 atom stereocenters. The first-order valence-electron chi connectivity index (χ1n) is 8.69. The molecule has 2 rings (SSSR count). The van der Waals surface area contributed by atoms with E-state index >= 15 is 0 Å². The molecule has 1 saturated heterocycles. The van der Waals surface area contributed by atoms with Gasteiger partial charge in [0.25, 0.3) is 0 Å². The van der Waals surface area contributed by atoms with Gasteiger partial charge in [0, 0.05) is 32.2 Å². The van der Waals surface area contributed by atoms with Gasteiger partial charge in [0.1, 0.15) is 5.78 Å². The number of nitrogens with one attached hydrogen (secondary N) is 1. The Labute approximate surface area is 149 Å². The first-order valence-corrected chi connectivity index (χ1v) is 8.69. The molecular weight excluding hydrogens is 354 g/mol. The summed E-state index contributed by atoms with van der Waals surface area (Å²) in [5.41, 5.74) is 0.343. The van der Waals surface area contributed by atoms with E-state index in [9.17, 15) is 22.4 Å². The van der Waals surface area contributed by atoms with Crippen LogP contribution in [-0.2, 0) is 9.53 Å². The lowest BCUT2D eigenvalue weighted by Crippen LogP contribution is -2.38. The predicted molar refractivity (Wildman–Crippen MR) is 87.6 cm³/mol. The molecule has 1 heterocycles. The maximum Gasteiger partial charge on any atom is 0.573 e. The maximum absolute atomic E-state index is 14.0. The predicted octanol–water partition coefficient (Wildman–Crippen LogP) is 3.95. The molecule has 0 spiro atoms. The molecule has 1 aliphatic heterocycles. The van der Waals surface area contributed by atoms with Gasteiger partial charge >= 0.3 is 6.36 Å². The number of Topliss-reactive ketones (excluding diaryl/α,β-unsaturated/α-hetero) is 1. The van der Waals surface area contributed by atoms with Crippen molar-refractivity contribution < 1.29 is 31.8 Å². The van der Waals surface area contributed by atoms with Crippen LogP contribution in [0.1, 0.15) is 44.1 Å². The highest BCUT2D eigenvalue weighted by Gasteiger charge is 2.33. The van der Waals surface area contributed by atoms with Crippen molar-refractivity contribution in [3.8, 4) is 5.75 Å². The Hall–Kier alpha value is -1.67. The van der Waals surface area contributed by atoms with E-state index in [1.54, 1.807) is 0 Å². The summed E-state index contributed by atoms with van der Waals surface area (Å²) in [6.45, 7) is 3.46. The van der Waals surface area contributed by atoms with Gasteiger partial charge in [-0.05, 0) is 37.0 Å². The van der Waals surface area contributed by atoms with Crippen molar-refractivity contribution in [2.45, 2.75) is 50.9 Å². The molecule has 1 aromatic carbocycles. The molecule has 146 valence electrons. The lowest BCUT2D eigenvalue weighted by atomic mass is 9.91. The van der Waals surface area contributed by atoms with Crippen LogP contribution < -0.4 is 10.1 Å². The van der Waals surface area contributed by atoms with Crippen LogP contribution in [0.2, 0.25) is 0 Å². The second-order valence-corrected chi connectivity index (χ2v) is 6.30. The molecule has 0 amide bonds. The Balaban J connectivity index is 2.13. The summed E-state index contributed by atoms with van der Waals surface area (Å²) < 4.78 is 59.8. The van der Waals surface area contributed by atoms with E-state index in [1.807, 2.05) is 6.92 Å². The van der Waals surface area contributed by atoms with E-state index in [0.717, 1.165) is 25.0 Å². The van der Waals surface area contributed by atoms with E-state index < -0.39 is 23.8 Å². The fourth-order valence-electron chi connectivity index (χ4n) is 2.97. The lowest BCUT2D eigenvalue weighted by Gasteiger charge is -2.26. The quantitative estimate of drug-likeness (QED) is 0.697. The molecule has 0 unspecified atom stereocenters. The Morgan fingerprint density at radius 2 is 2.04 bits per heavy atom. The molecule has 0 radical (unpaired) electrons. The van der Waals surface area contributed by atoms with Gasteiger partial charge in [0.05, 0.1) is 5.92 Å². The second kappa shape index (κ2) is 9.32. The first kappa shape index (κ1) is 20.6. The SMILES string of the molecule is CCCC(=O)[C@H](CNC1CCOCC1)c1ccc(OC(F)(F)F)c(F)c1. The zero-order valence-electron chi connectivity index (χ0n) is 14.6. The van der Waals surface area contributed by atoms with Crippen molar-refractivity contribution in [3.05, 3.63) is 29.6 Å². The van der Waals surface area contributed by atoms with Crippen LogP contribution >= 0.6 is 0 Å². The summed E-state index contributed by atoms with van der Waals surface area (Å²) in [6, 6.07) is 3.39. The largest absolute Gasteiger partial charge is 0.573 e. The Morgan fingerprint density at radius 3 is 2.62 bits per heavy atom. The summed E-state index contributed by atoms with van der Waals surface area (Å²) >= 11 is 0. The summed E-state index contributed by atoms with van der Waals surface area (Å²) in [7, 11) is 0. The molecule has 0 saturated carbocycles. The number of alkyl halides is 3. The molecule has 1 N–H and O–H groups in total. The number of halogens is 4. The summed E-state index contributed by atoms with van der Waals surface area (Å²) in [5.74, 6) is -2.73. The van der Waals surface area contributed by atoms with E-state index in [1.165, 1.54) is 6.07 Å². The van der Waals surface area contributed by atoms with Gasteiger partial charge in [-0.15, -0.1) is 13.2 Å². The van der Waals surface area contributed by atoms with Gasteiger partial charge < -0.3 is 14.8 Å². The first-order chi connectivity index (χ1) is 12.3. The van der Waals surface area contributed by atoms with Crippen LogP contribution in [0.5, 0.6) is 5.75 Å². The molecule has 1 aromatic rings. The maximum atomic E-state index is 14.0. The zero-order chi connectivity index (χ0) is 19.2. The van der Waals surface area contributed by atoms with E-state index in [-0.39, 0.29) is 11.8 Å². The van der Waals surface area contributed by atoms with Crippen LogP contribution in [-0.4, -0.2) is 37.9 Å². The Morgan fingerprint density at radius 1 is 1.35 bits per heavy atom. The van der Waals surface area contributed by atoms with Crippen molar-refractivity contribution in [1.82, 2.24) is 5.32 Å². The highest BCUT2D eigenvalue weighted by molar-refractivity contribution is 5.86. The highest BCUT2D eigenvalue weighted by atomic mass is 19.4. The van der Waals surface area contributed by atoms with Crippen molar-refractivity contribution in [2.75, 3.05) is 19.8 Å². The molecule has 1 fully saturated rings. The van der Waals surface area contributed by atoms with Crippen molar-refractivity contribution in [1.29, 1.82) is 0 Å². The fourth-order valence-corrected chi connectivity index (χ4v) is 2.97. The van der Waals surface area contributed by atoms with E-state index in [0.29, 0.717) is 38.2 Å². The van der Waals surface area contributed by atoms with Gasteiger partial charge in [-0.25, -0.2) is 4.39 Å². The van der Waals surface area contributed by atoms with Crippen LogP contribution in [0.3, 0.4) is 0 Å². The van der Waals surface area contributed by atoms with Gasteiger partial charge in [-0.1, -0.05) is 13.0 Å². The fraction of sp³-hybridized carbons (Fsp3) is 0.611. The minimum atomic E-state index is -4.97. The smallest absolute Gasteiger partial charge is 0.403 e. The molecule has 0 bridgehead atoms. The molecule has 1 aliphatic rings. The second-order valence-electron chi connectivity index (χ2n) is 6.30. The van der Waals surface area contributed by atoms with Crippen molar-refractivity contribution in [2.24, 2.45) is 0 Å². The average molecular weight is 377 g/mol. The van der Waals surface area contributed by atoms with Gasteiger partial charge in [-0.2, -0.15) is 0 Å². The van der Waals surface area contributed by atoms with Gasteiger partial charge in [-0.3, -0.25) is 4.79 Å². The van der Waals surface area contributed by atoms with Crippen molar-refractivity contribution in [3.63, 3.8) is 0 Å². The van der Waals surface area contributed by atoms with Crippen LogP contribution in [0.15, 0.2) is 18.2 Å². The number of ketones is 1. The standard InChI is InChI=1S/C18H23F4NO3/c1-2-3-16(24)14(11-23-13-6-8-25-9-7-13)12-4-5-17(15(19)10-12)26-18(20,21)22/h4-5,10,13-14,23H,2-3,6-9,11H2,1H3/t14-/m1/s1. The third kappa shape index (κ3) is 6.25. The molecule has 0 aromatic heterocycles. The van der Waals surface area contributed by atoms with Crippen LogP contribution in [0, 0.1) is 5.82 Å². The van der Waals surface area contributed by atoms with Gasteiger partial charge in [0.2, 0.25) is 0 Å². The molecule has 0 aliphatic carbocycles. The third-order valence-corrected chi connectivity index (χ3v) is 4.30. The minimum Gasteiger partial charge on any atom is -0.403 e. The number of ether oxygens (including phenoxy) is 2. The Kier molecular flexibility index (Phi) is 7.40. The molecule has 8 heteroatoms. The number of carbonyl (C=O) groups excluding carboxylic acids is 1. The zero-order valence-corrected chi connectivity index (χ0v) is 14.6. The van der Waals surface area contributed by atoms with Crippen molar-refractivity contribution >= 4 is 5.78 Å². The van der Waals surface area contributed by atoms with Gasteiger partial charge in [0.15, 0.2) is 11.6 Å². The molecule has 26 heavy (non-hydrogen) atoms. The molecular formula is C18H23F4NO3. The number of carbonyl (C=O) groups is 1. The third-order valence-electron chi connectivity index (χ3n) is 4.30. The molecule has 4 nitrogen and oxygen atoms in total. The normalized spacial score (nSPS) is 17.1. The van der Waals surface area contributed by atoms with E-state index in [4.69, 9.17) is 4.74 Å². The highest BCUT2D eigenvalue weighted by Crippen LogP contribution is 2.29. The number of hydrogen-bond acceptors (Lipinski definition) is 4. The summed E-state index contributed by atoms with van der Waals surface area (Å²) in [6.07, 6.45) is -2.36. The number of rotatable bonds is 8. The summed E-state index contributed by atoms with van der Waals surface area (Å²) in [4.78, 5) is 12.4. The number of hydrogen-bond donors (Lipinski definition) is 1. The average Bonchev–Trinajstić information content (AvgIpc) is 2.57. The lowest BCUT2D eigenvalue weighted by molar-refractivity contribution is -0.275. The number of benzene rings is 1. The topological polar surface area (TPSA) is 47.6 Å². The Bertz CT molecular complexity index is 601. The van der Waals surface area contributed by atoms with E-state index in [2.05, 4.69) is 10.1 Å². The minimum absolute atomic E-state index is 0.0732. The van der Waals surface area contributed by atoms with Crippen LogP contribution in [0.25, 0.3) is 0 Å².